The average molecular weight is 442 g/mol. The molecule has 0 radical (unpaired) electrons. The number of carbonyl (C=O) groups is 2. The number of pyridine rings is 1. The van der Waals surface area contributed by atoms with Crippen molar-refractivity contribution in [3.05, 3.63) is 95.8 Å². The van der Waals surface area contributed by atoms with Gasteiger partial charge in [-0.05, 0) is 55.2 Å². The number of anilines is 1. The fraction of sp³-hybridized carbons (Fsp3) is 0.296. The van der Waals surface area contributed by atoms with Crippen LogP contribution in [0.2, 0.25) is 0 Å². The lowest BCUT2D eigenvalue weighted by Crippen LogP contribution is -2.39. The van der Waals surface area contributed by atoms with Crippen molar-refractivity contribution >= 4 is 17.7 Å². The lowest BCUT2D eigenvalue weighted by molar-refractivity contribution is -0.124. The summed E-state index contributed by atoms with van der Waals surface area (Å²) in [6.07, 6.45) is 3.98. The van der Waals surface area contributed by atoms with E-state index in [-0.39, 0.29) is 29.9 Å². The van der Waals surface area contributed by atoms with E-state index in [9.17, 15) is 9.59 Å². The Bertz CT molecular complexity index is 1150. The number of aromatic nitrogens is 1. The van der Waals surface area contributed by atoms with Crippen molar-refractivity contribution < 1.29 is 14.3 Å². The molecule has 3 atom stereocenters. The Labute approximate surface area is 193 Å². The van der Waals surface area contributed by atoms with Gasteiger partial charge in [0, 0.05) is 30.5 Å². The Morgan fingerprint density at radius 2 is 1.67 bits per heavy atom. The Hall–Kier alpha value is -3.67. The topological polar surface area (TPSA) is 71.5 Å². The fourth-order valence-corrected chi connectivity index (χ4v) is 5.03. The largest absolute Gasteiger partial charge is 0.441 e. The molecule has 2 fully saturated rings. The van der Waals surface area contributed by atoms with Crippen LogP contribution in [0.25, 0.3) is 0 Å². The van der Waals surface area contributed by atoms with Gasteiger partial charge in [-0.1, -0.05) is 48.5 Å². The van der Waals surface area contributed by atoms with Gasteiger partial charge in [-0.15, -0.1) is 0 Å². The highest BCUT2D eigenvalue weighted by Crippen LogP contribution is 2.44. The molecule has 0 spiro atoms. The Balaban J connectivity index is 1.42. The van der Waals surface area contributed by atoms with E-state index in [0.717, 1.165) is 28.8 Å². The van der Waals surface area contributed by atoms with Crippen molar-refractivity contribution in [1.82, 2.24) is 10.3 Å². The Kier molecular flexibility index (Phi) is 5.36. The molecule has 168 valence electrons. The maximum atomic E-state index is 12.8. The number of hydrogen-bond donors (Lipinski definition) is 1. The zero-order valence-electron chi connectivity index (χ0n) is 18.8. The summed E-state index contributed by atoms with van der Waals surface area (Å²) in [4.78, 5) is 31.5. The van der Waals surface area contributed by atoms with Gasteiger partial charge in [0.2, 0.25) is 5.91 Å². The van der Waals surface area contributed by atoms with Crippen LogP contribution in [0, 0.1) is 0 Å². The van der Waals surface area contributed by atoms with Gasteiger partial charge in [0.05, 0.1) is 5.92 Å². The smallest absolute Gasteiger partial charge is 0.415 e. The van der Waals surface area contributed by atoms with Crippen molar-refractivity contribution in [3.63, 3.8) is 0 Å². The SMILES string of the molecule is CC1(C)OC(=O)N(c2ccc(C3CC(c4cccnc4)CNC3=O)cc2)[C@H]1c1ccccc1. The lowest BCUT2D eigenvalue weighted by atomic mass is 9.82. The number of benzene rings is 2. The van der Waals surface area contributed by atoms with E-state index < -0.39 is 5.60 Å². The van der Waals surface area contributed by atoms with Gasteiger partial charge in [0.25, 0.3) is 0 Å². The normalized spacial score (nSPS) is 24.3. The number of ether oxygens (including phenoxy) is 1. The predicted octanol–water partition coefficient (Wildman–Crippen LogP) is 4.95. The van der Waals surface area contributed by atoms with Crippen LogP contribution in [0.1, 0.15) is 54.8 Å². The van der Waals surface area contributed by atoms with Crippen molar-refractivity contribution in [1.29, 1.82) is 0 Å². The number of cyclic esters (lactones) is 1. The summed E-state index contributed by atoms with van der Waals surface area (Å²) in [6.45, 7) is 4.48. The third-order valence-electron chi connectivity index (χ3n) is 6.67. The molecule has 6 nitrogen and oxygen atoms in total. The molecule has 2 aliphatic rings. The fourth-order valence-electron chi connectivity index (χ4n) is 5.03. The number of nitrogens with zero attached hydrogens (tertiary/aromatic N) is 2. The van der Waals surface area contributed by atoms with Crippen LogP contribution in [0.4, 0.5) is 10.5 Å². The average Bonchev–Trinajstić information content (AvgIpc) is 3.08. The summed E-state index contributed by atoms with van der Waals surface area (Å²) in [6, 6.07) is 21.4. The second-order valence-electron chi connectivity index (χ2n) is 9.26. The van der Waals surface area contributed by atoms with Crippen LogP contribution in [0.15, 0.2) is 79.1 Å². The van der Waals surface area contributed by atoms with E-state index in [1.807, 2.05) is 80.7 Å². The molecule has 2 aromatic carbocycles. The van der Waals surface area contributed by atoms with Gasteiger partial charge >= 0.3 is 6.09 Å². The molecule has 0 bridgehead atoms. The van der Waals surface area contributed by atoms with Crippen LogP contribution < -0.4 is 10.2 Å². The second-order valence-corrected chi connectivity index (χ2v) is 9.26. The number of carbonyl (C=O) groups excluding carboxylic acids is 2. The predicted molar refractivity (Wildman–Crippen MR) is 126 cm³/mol. The number of hydrogen-bond acceptors (Lipinski definition) is 4. The van der Waals surface area contributed by atoms with Gasteiger partial charge in [0.15, 0.2) is 0 Å². The number of nitrogens with one attached hydrogen (secondary N) is 1. The molecule has 5 rings (SSSR count). The molecule has 0 saturated carbocycles. The van der Waals surface area contributed by atoms with Gasteiger partial charge in [-0.3, -0.25) is 14.7 Å². The van der Waals surface area contributed by atoms with Crippen LogP contribution >= 0.6 is 0 Å². The van der Waals surface area contributed by atoms with E-state index in [1.54, 1.807) is 11.1 Å². The molecule has 1 aromatic heterocycles. The van der Waals surface area contributed by atoms with Crippen molar-refractivity contribution in [3.8, 4) is 0 Å². The van der Waals surface area contributed by atoms with Crippen molar-refractivity contribution in [2.75, 3.05) is 11.4 Å². The summed E-state index contributed by atoms with van der Waals surface area (Å²) in [5.41, 5.74) is 3.17. The molecule has 2 unspecified atom stereocenters. The van der Waals surface area contributed by atoms with E-state index in [4.69, 9.17) is 4.74 Å². The molecule has 3 heterocycles. The van der Waals surface area contributed by atoms with Crippen LogP contribution in [-0.4, -0.2) is 29.1 Å². The zero-order chi connectivity index (χ0) is 23.0. The van der Waals surface area contributed by atoms with Crippen LogP contribution in [0.5, 0.6) is 0 Å². The highest BCUT2D eigenvalue weighted by atomic mass is 16.6. The van der Waals surface area contributed by atoms with Gasteiger partial charge < -0.3 is 10.1 Å². The highest BCUT2D eigenvalue weighted by Gasteiger charge is 2.49. The minimum atomic E-state index is -0.669. The minimum Gasteiger partial charge on any atom is -0.441 e. The molecule has 3 aromatic rings. The van der Waals surface area contributed by atoms with E-state index in [1.165, 1.54) is 0 Å². The highest BCUT2D eigenvalue weighted by molar-refractivity contribution is 5.92. The zero-order valence-corrected chi connectivity index (χ0v) is 18.8. The number of rotatable bonds is 4. The van der Waals surface area contributed by atoms with Crippen molar-refractivity contribution in [2.24, 2.45) is 0 Å². The third-order valence-corrected chi connectivity index (χ3v) is 6.67. The second kappa shape index (κ2) is 8.35. The van der Waals surface area contributed by atoms with E-state index >= 15 is 0 Å². The van der Waals surface area contributed by atoms with Gasteiger partial charge in [-0.2, -0.15) is 0 Å². The first-order valence-electron chi connectivity index (χ1n) is 11.3. The molecule has 0 aliphatic carbocycles. The maximum absolute atomic E-state index is 12.8. The molecule has 2 saturated heterocycles. The minimum absolute atomic E-state index is 0.0340. The number of piperidine rings is 1. The quantitative estimate of drug-likeness (QED) is 0.622. The summed E-state index contributed by atoms with van der Waals surface area (Å²) in [5, 5.41) is 3.04. The molecule has 6 heteroatoms. The summed E-state index contributed by atoms with van der Waals surface area (Å²) >= 11 is 0. The van der Waals surface area contributed by atoms with E-state index in [0.29, 0.717) is 6.54 Å². The van der Waals surface area contributed by atoms with Crippen molar-refractivity contribution in [2.45, 2.75) is 43.7 Å². The summed E-state index contributed by atoms with van der Waals surface area (Å²) < 4.78 is 5.73. The molecule has 2 amide bonds. The monoisotopic (exact) mass is 441 g/mol. The van der Waals surface area contributed by atoms with Crippen LogP contribution in [-0.2, 0) is 9.53 Å². The molecule has 2 aliphatic heterocycles. The summed E-state index contributed by atoms with van der Waals surface area (Å²) in [7, 11) is 0. The maximum Gasteiger partial charge on any atom is 0.415 e. The molecular formula is C27H27N3O3. The lowest BCUT2D eigenvalue weighted by Gasteiger charge is -2.31. The first-order valence-corrected chi connectivity index (χ1v) is 11.3. The third kappa shape index (κ3) is 3.97. The van der Waals surface area contributed by atoms with Gasteiger partial charge in [-0.25, -0.2) is 4.79 Å². The standard InChI is InChI=1S/C27H27N3O3/c1-27(2)24(19-7-4-3-5-8-19)30(26(32)33-27)22-12-10-18(11-13-22)23-15-21(17-29-25(23)31)20-9-6-14-28-16-20/h3-14,16,21,23-24H,15,17H2,1-2H3,(H,29,31)/t21?,23?,24-/m0/s1. The first-order chi connectivity index (χ1) is 15.9. The molecule has 33 heavy (non-hydrogen) atoms. The molecule has 1 N–H and O–H groups in total. The van der Waals surface area contributed by atoms with E-state index in [2.05, 4.69) is 16.4 Å². The number of amides is 2. The van der Waals surface area contributed by atoms with Crippen LogP contribution in [0.3, 0.4) is 0 Å². The summed E-state index contributed by atoms with van der Waals surface area (Å²) in [5.74, 6) is 0.00885. The molecular weight excluding hydrogens is 414 g/mol. The van der Waals surface area contributed by atoms with Gasteiger partial charge in [0.1, 0.15) is 11.6 Å². The Morgan fingerprint density at radius 1 is 0.939 bits per heavy atom. The Morgan fingerprint density at radius 3 is 2.36 bits per heavy atom. The first kappa shape index (κ1) is 21.2.